The van der Waals surface area contributed by atoms with Crippen LogP contribution in [0.1, 0.15) is 12.0 Å². The van der Waals surface area contributed by atoms with Crippen LogP contribution in [0.25, 0.3) is 0 Å². The van der Waals surface area contributed by atoms with E-state index in [1.54, 1.807) is 7.11 Å². The number of benzene rings is 1. The maximum absolute atomic E-state index is 11.8. The summed E-state index contributed by atoms with van der Waals surface area (Å²) in [6.07, 6.45) is 1.84. The van der Waals surface area contributed by atoms with E-state index < -0.39 is 0 Å². The highest BCUT2D eigenvalue weighted by atomic mass is 16.5. The SMILES string of the molecule is COc1cccc2c1N1CCNC(=O)C1CC2. The number of carbonyl (C=O) groups excluding carboxylic acids is 1. The molecule has 2 aliphatic rings. The lowest BCUT2D eigenvalue weighted by molar-refractivity contribution is -0.123. The summed E-state index contributed by atoms with van der Waals surface area (Å²) >= 11 is 0. The Hall–Kier alpha value is -1.71. The van der Waals surface area contributed by atoms with Crippen LogP contribution in [0, 0.1) is 0 Å². The van der Waals surface area contributed by atoms with Crippen LogP contribution in [0.15, 0.2) is 18.2 Å². The fourth-order valence-electron chi connectivity index (χ4n) is 2.82. The van der Waals surface area contributed by atoms with E-state index in [2.05, 4.69) is 16.3 Å². The number of hydrogen-bond donors (Lipinski definition) is 1. The van der Waals surface area contributed by atoms with Gasteiger partial charge in [-0.1, -0.05) is 12.1 Å². The molecule has 2 aliphatic heterocycles. The number of rotatable bonds is 1. The number of aryl methyl sites for hydroxylation is 1. The molecule has 0 spiro atoms. The van der Waals surface area contributed by atoms with E-state index >= 15 is 0 Å². The summed E-state index contributed by atoms with van der Waals surface area (Å²) in [4.78, 5) is 14.0. The van der Waals surface area contributed by atoms with Crippen molar-refractivity contribution in [3.05, 3.63) is 23.8 Å². The summed E-state index contributed by atoms with van der Waals surface area (Å²) in [7, 11) is 1.68. The lowest BCUT2D eigenvalue weighted by atomic mass is 9.93. The van der Waals surface area contributed by atoms with Crippen molar-refractivity contribution in [3.63, 3.8) is 0 Å². The molecule has 4 nitrogen and oxygen atoms in total. The summed E-state index contributed by atoms with van der Waals surface area (Å²) in [5.74, 6) is 1.02. The number of hydrogen-bond acceptors (Lipinski definition) is 3. The van der Waals surface area contributed by atoms with Gasteiger partial charge in [0.2, 0.25) is 5.91 Å². The maximum atomic E-state index is 11.8. The van der Waals surface area contributed by atoms with Gasteiger partial charge in [0.15, 0.2) is 0 Å². The van der Waals surface area contributed by atoms with E-state index in [4.69, 9.17) is 4.74 Å². The first-order valence-corrected chi connectivity index (χ1v) is 6.01. The molecule has 0 aliphatic carbocycles. The third-order valence-electron chi connectivity index (χ3n) is 3.61. The largest absolute Gasteiger partial charge is 0.495 e. The highest BCUT2D eigenvalue weighted by Crippen LogP contribution is 2.38. The topological polar surface area (TPSA) is 41.6 Å². The third-order valence-corrected chi connectivity index (χ3v) is 3.61. The van der Waals surface area contributed by atoms with Crippen LogP contribution in [0.4, 0.5) is 5.69 Å². The zero-order valence-corrected chi connectivity index (χ0v) is 9.90. The third kappa shape index (κ3) is 1.55. The van der Waals surface area contributed by atoms with E-state index in [9.17, 15) is 4.79 Å². The summed E-state index contributed by atoms with van der Waals surface area (Å²) in [6.45, 7) is 1.58. The van der Waals surface area contributed by atoms with Gasteiger partial charge in [-0.3, -0.25) is 4.79 Å². The van der Waals surface area contributed by atoms with Crippen LogP contribution in [-0.2, 0) is 11.2 Å². The van der Waals surface area contributed by atoms with E-state index in [0.29, 0.717) is 6.54 Å². The Kier molecular flexibility index (Phi) is 2.42. The number of para-hydroxylation sites is 1. The molecule has 1 saturated heterocycles. The molecule has 1 aromatic carbocycles. The van der Waals surface area contributed by atoms with Gasteiger partial charge in [-0.15, -0.1) is 0 Å². The van der Waals surface area contributed by atoms with Crippen LogP contribution in [0.5, 0.6) is 5.75 Å². The van der Waals surface area contributed by atoms with Crippen molar-refractivity contribution < 1.29 is 9.53 Å². The molecular weight excluding hydrogens is 216 g/mol. The molecule has 1 unspecified atom stereocenters. The minimum atomic E-state index is -0.0208. The molecular formula is C13H16N2O2. The monoisotopic (exact) mass is 232 g/mol. The second kappa shape index (κ2) is 3.95. The second-order valence-corrected chi connectivity index (χ2v) is 4.51. The van der Waals surface area contributed by atoms with Crippen LogP contribution >= 0.6 is 0 Å². The molecule has 1 N–H and O–H groups in total. The number of piperazine rings is 1. The Bertz CT molecular complexity index is 444. The summed E-state index contributed by atoms with van der Waals surface area (Å²) in [6, 6.07) is 6.09. The van der Waals surface area contributed by atoms with E-state index in [1.165, 1.54) is 5.56 Å². The molecule has 1 atom stereocenters. The lowest BCUT2D eigenvalue weighted by Gasteiger charge is -2.41. The number of ether oxygens (including phenoxy) is 1. The zero-order valence-electron chi connectivity index (χ0n) is 9.90. The number of nitrogens with one attached hydrogen (secondary N) is 1. The smallest absolute Gasteiger partial charge is 0.242 e. The number of anilines is 1. The summed E-state index contributed by atoms with van der Waals surface area (Å²) in [5.41, 5.74) is 2.40. The van der Waals surface area contributed by atoms with Gasteiger partial charge in [0.25, 0.3) is 0 Å². The van der Waals surface area contributed by atoms with Crippen molar-refractivity contribution in [2.75, 3.05) is 25.1 Å². The fraction of sp³-hybridized carbons (Fsp3) is 0.462. The average molecular weight is 232 g/mol. The number of carbonyl (C=O) groups is 1. The molecule has 90 valence electrons. The first-order valence-electron chi connectivity index (χ1n) is 6.01. The van der Waals surface area contributed by atoms with Crippen molar-refractivity contribution in [2.24, 2.45) is 0 Å². The highest BCUT2D eigenvalue weighted by molar-refractivity contribution is 5.88. The molecule has 0 radical (unpaired) electrons. The van der Waals surface area contributed by atoms with Crippen LogP contribution in [0.2, 0.25) is 0 Å². The molecule has 1 amide bonds. The highest BCUT2D eigenvalue weighted by Gasteiger charge is 2.35. The fourth-order valence-corrected chi connectivity index (χ4v) is 2.82. The van der Waals surface area contributed by atoms with Crippen molar-refractivity contribution >= 4 is 11.6 Å². The van der Waals surface area contributed by atoms with E-state index in [0.717, 1.165) is 30.8 Å². The maximum Gasteiger partial charge on any atom is 0.242 e. The standard InChI is InChI=1S/C13H16N2O2/c1-17-11-4-2-3-9-5-6-10-13(16)14-7-8-15(10)12(9)11/h2-4,10H,5-8H2,1H3,(H,14,16). The van der Waals surface area contributed by atoms with Crippen molar-refractivity contribution in [1.29, 1.82) is 0 Å². The molecule has 0 bridgehead atoms. The molecule has 0 aromatic heterocycles. The van der Waals surface area contributed by atoms with Gasteiger partial charge in [-0.25, -0.2) is 0 Å². The average Bonchev–Trinajstić information content (AvgIpc) is 2.38. The molecule has 1 fully saturated rings. The number of amides is 1. The first-order chi connectivity index (χ1) is 8.31. The van der Waals surface area contributed by atoms with Crippen LogP contribution in [-0.4, -0.2) is 32.1 Å². The Morgan fingerprint density at radius 3 is 3.18 bits per heavy atom. The summed E-state index contributed by atoms with van der Waals surface area (Å²) in [5, 5.41) is 2.93. The van der Waals surface area contributed by atoms with Gasteiger partial charge in [0.05, 0.1) is 12.8 Å². The first kappa shape index (κ1) is 10.4. The Balaban J connectivity index is 2.07. The van der Waals surface area contributed by atoms with E-state index in [1.807, 2.05) is 12.1 Å². The predicted molar refractivity (Wildman–Crippen MR) is 65.5 cm³/mol. The van der Waals surface area contributed by atoms with Crippen LogP contribution < -0.4 is 15.0 Å². The predicted octanol–water partition coefficient (Wildman–Crippen LogP) is 0.946. The Morgan fingerprint density at radius 2 is 2.35 bits per heavy atom. The van der Waals surface area contributed by atoms with Crippen molar-refractivity contribution in [2.45, 2.75) is 18.9 Å². The van der Waals surface area contributed by atoms with Gasteiger partial charge in [0, 0.05) is 13.1 Å². The quantitative estimate of drug-likeness (QED) is 0.783. The van der Waals surface area contributed by atoms with E-state index in [-0.39, 0.29) is 11.9 Å². The molecule has 3 rings (SSSR count). The molecule has 0 saturated carbocycles. The second-order valence-electron chi connectivity index (χ2n) is 4.51. The van der Waals surface area contributed by atoms with Crippen molar-refractivity contribution in [1.82, 2.24) is 5.32 Å². The summed E-state index contributed by atoms with van der Waals surface area (Å²) < 4.78 is 5.42. The Labute approximate surface area is 101 Å². The minimum Gasteiger partial charge on any atom is -0.495 e. The van der Waals surface area contributed by atoms with Crippen molar-refractivity contribution in [3.8, 4) is 5.75 Å². The minimum absolute atomic E-state index is 0.0208. The zero-order chi connectivity index (χ0) is 11.8. The molecule has 2 heterocycles. The van der Waals surface area contributed by atoms with Gasteiger partial charge < -0.3 is 15.0 Å². The lowest BCUT2D eigenvalue weighted by Crippen LogP contribution is -2.57. The number of nitrogens with zero attached hydrogens (tertiary/aromatic N) is 1. The van der Waals surface area contributed by atoms with Gasteiger partial charge in [0.1, 0.15) is 11.8 Å². The van der Waals surface area contributed by atoms with Gasteiger partial charge in [-0.2, -0.15) is 0 Å². The normalized spacial score (nSPS) is 22.5. The molecule has 17 heavy (non-hydrogen) atoms. The Morgan fingerprint density at radius 1 is 1.47 bits per heavy atom. The van der Waals surface area contributed by atoms with Gasteiger partial charge in [-0.05, 0) is 24.5 Å². The molecule has 1 aromatic rings. The van der Waals surface area contributed by atoms with Gasteiger partial charge >= 0.3 is 0 Å². The molecule has 4 heteroatoms. The van der Waals surface area contributed by atoms with Crippen LogP contribution in [0.3, 0.4) is 0 Å². The number of fused-ring (bicyclic) bond motifs is 3. The number of methoxy groups -OCH3 is 1.